The van der Waals surface area contributed by atoms with Gasteiger partial charge in [0.15, 0.2) is 0 Å². The van der Waals surface area contributed by atoms with E-state index in [9.17, 15) is 9.70 Å². The molecule has 0 unspecified atom stereocenters. The monoisotopic (exact) mass is 406 g/mol. The summed E-state index contributed by atoms with van der Waals surface area (Å²) in [5.74, 6) is 0.569. The Morgan fingerprint density at radius 1 is 0.833 bits per heavy atom. The smallest absolute Gasteiger partial charge is 0.224 e. The minimum Gasteiger partial charge on any atom is -0.325 e. The molecule has 3 rings (SSSR count). The normalized spacial score (nSPS) is 10.5. The van der Waals surface area contributed by atoms with Gasteiger partial charge < -0.3 is 5.32 Å². The van der Waals surface area contributed by atoms with E-state index in [-0.39, 0.29) is 11.7 Å². The molecule has 1 N–H and O–H groups in total. The van der Waals surface area contributed by atoms with Crippen LogP contribution in [0.5, 0.6) is 0 Å². The van der Waals surface area contributed by atoms with Gasteiger partial charge in [-0.15, -0.1) is 20.4 Å². The first-order valence-electron chi connectivity index (χ1n) is 9.80. The molecule has 0 aliphatic heterocycles. The molecule has 0 aliphatic carbocycles. The molecule has 10 heteroatoms. The molecular weight excluding hydrogens is 384 g/mol. The van der Waals surface area contributed by atoms with Crippen LogP contribution >= 0.6 is 0 Å². The number of nitroso groups, excluding NO2 is 1. The van der Waals surface area contributed by atoms with Gasteiger partial charge in [0.05, 0.1) is 18.4 Å². The second kappa shape index (κ2) is 11.3. The van der Waals surface area contributed by atoms with E-state index in [0.29, 0.717) is 35.9 Å². The van der Waals surface area contributed by atoms with Crippen LogP contribution in [0.4, 0.5) is 5.69 Å². The summed E-state index contributed by atoms with van der Waals surface area (Å²) in [5.41, 5.74) is 1.70. The number of nitrogens with zero attached hydrogens (tertiary/aromatic N) is 7. The number of pyridine rings is 2. The summed E-state index contributed by atoms with van der Waals surface area (Å²) in [6, 6.07) is 8.86. The first-order chi connectivity index (χ1) is 14.8. The van der Waals surface area contributed by atoms with Gasteiger partial charge in [-0.05, 0) is 37.1 Å². The van der Waals surface area contributed by atoms with E-state index in [1.165, 1.54) is 0 Å². The zero-order valence-corrected chi connectivity index (χ0v) is 16.4. The van der Waals surface area contributed by atoms with Crippen molar-refractivity contribution in [1.82, 2.24) is 30.4 Å². The van der Waals surface area contributed by atoms with Crippen molar-refractivity contribution >= 4 is 11.6 Å². The van der Waals surface area contributed by atoms with E-state index in [2.05, 4.69) is 40.9 Å². The first kappa shape index (κ1) is 21.0. The highest BCUT2D eigenvalue weighted by Gasteiger charge is 2.09. The SMILES string of the molecule is O=NCCCCCCCC(=O)Nc1ccc(-c2nnc(-c3ccccn3)nn2)nc1. The summed E-state index contributed by atoms with van der Waals surface area (Å²) in [6.45, 7) is 0.370. The summed E-state index contributed by atoms with van der Waals surface area (Å²) in [7, 11) is 0. The lowest BCUT2D eigenvalue weighted by atomic mass is 10.1. The van der Waals surface area contributed by atoms with Crippen LogP contribution < -0.4 is 5.32 Å². The second-order valence-electron chi connectivity index (χ2n) is 6.61. The van der Waals surface area contributed by atoms with Crippen LogP contribution in [0.15, 0.2) is 47.9 Å². The van der Waals surface area contributed by atoms with Crippen molar-refractivity contribution in [3.8, 4) is 23.0 Å². The number of nitrogens with one attached hydrogen (secondary N) is 1. The fourth-order valence-corrected chi connectivity index (χ4v) is 2.75. The van der Waals surface area contributed by atoms with E-state index in [4.69, 9.17) is 0 Å². The number of rotatable bonds is 11. The zero-order chi connectivity index (χ0) is 21.0. The maximum absolute atomic E-state index is 12.0. The van der Waals surface area contributed by atoms with Crippen LogP contribution in [0.25, 0.3) is 23.0 Å². The Hall–Kier alpha value is -3.69. The molecule has 0 aliphatic rings. The van der Waals surface area contributed by atoms with Gasteiger partial charge in [0.25, 0.3) is 0 Å². The van der Waals surface area contributed by atoms with Gasteiger partial charge in [0, 0.05) is 12.6 Å². The third-order valence-electron chi connectivity index (χ3n) is 4.30. The van der Waals surface area contributed by atoms with Crippen LogP contribution in [0, 0.1) is 4.91 Å². The van der Waals surface area contributed by atoms with Gasteiger partial charge in [-0.25, -0.2) is 0 Å². The number of hydrogen-bond donors (Lipinski definition) is 1. The molecule has 3 heterocycles. The largest absolute Gasteiger partial charge is 0.325 e. The Balaban J connectivity index is 1.46. The van der Waals surface area contributed by atoms with Crippen LogP contribution in [0.1, 0.15) is 38.5 Å². The van der Waals surface area contributed by atoms with Gasteiger partial charge in [-0.2, -0.15) is 4.91 Å². The fraction of sp³-hybridized carbons (Fsp3) is 0.350. The average molecular weight is 406 g/mol. The van der Waals surface area contributed by atoms with Crippen molar-refractivity contribution < 1.29 is 4.79 Å². The second-order valence-corrected chi connectivity index (χ2v) is 6.61. The molecule has 0 saturated heterocycles. The maximum atomic E-state index is 12.0. The quantitative estimate of drug-likeness (QED) is 0.378. The number of carbonyl (C=O) groups excluding carboxylic acids is 1. The number of unbranched alkanes of at least 4 members (excludes halogenated alkanes) is 4. The number of carbonyl (C=O) groups is 1. The Morgan fingerprint density at radius 2 is 1.53 bits per heavy atom. The lowest BCUT2D eigenvalue weighted by molar-refractivity contribution is -0.116. The lowest BCUT2D eigenvalue weighted by Gasteiger charge is -2.06. The van der Waals surface area contributed by atoms with Crippen molar-refractivity contribution in [3.05, 3.63) is 47.6 Å². The Kier molecular flexibility index (Phi) is 7.95. The highest BCUT2D eigenvalue weighted by Crippen LogP contribution is 2.15. The standard InChI is InChI=1S/C20H22N8O2/c29-18(9-4-2-1-3-6-13-23-30)24-15-10-11-17(22-14-15)20-27-25-19(26-28-20)16-8-5-7-12-21-16/h5,7-8,10-12,14H,1-4,6,9,13H2,(H,24,29). The molecule has 154 valence electrons. The maximum Gasteiger partial charge on any atom is 0.224 e. The Labute approximate surface area is 173 Å². The van der Waals surface area contributed by atoms with Crippen molar-refractivity contribution in [3.63, 3.8) is 0 Å². The van der Waals surface area contributed by atoms with Crippen molar-refractivity contribution in [2.24, 2.45) is 5.18 Å². The van der Waals surface area contributed by atoms with Crippen LogP contribution in [-0.2, 0) is 4.79 Å². The van der Waals surface area contributed by atoms with E-state index in [0.717, 1.165) is 32.1 Å². The molecule has 0 bridgehead atoms. The summed E-state index contributed by atoms with van der Waals surface area (Å²) >= 11 is 0. The third-order valence-corrected chi connectivity index (χ3v) is 4.30. The molecule has 0 fully saturated rings. The number of amides is 1. The number of aromatic nitrogens is 6. The van der Waals surface area contributed by atoms with Crippen molar-refractivity contribution in [2.45, 2.75) is 38.5 Å². The van der Waals surface area contributed by atoms with Crippen molar-refractivity contribution in [2.75, 3.05) is 11.9 Å². The van der Waals surface area contributed by atoms with E-state index in [1.54, 1.807) is 36.7 Å². The topological polar surface area (TPSA) is 136 Å². The predicted molar refractivity (Wildman–Crippen MR) is 111 cm³/mol. The third kappa shape index (κ3) is 6.43. The van der Waals surface area contributed by atoms with Gasteiger partial charge in [0.1, 0.15) is 11.4 Å². The number of hydrogen-bond acceptors (Lipinski definition) is 9. The van der Waals surface area contributed by atoms with Crippen LogP contribution in [-0.4, -0.2) is 42.8 Å². The summed E-state index contributed by atoms with van der Waals surface area (Å²) in [5, 5.41) is 21.9. The zero-order valence-electron chi connectivity index (χ0n) is 16.4. The summed E-state index contributed by atoms with van der Waals surface area (Å²) < 4.78 is 0. The Bertz CT molecular complexity index is 933. The van der Waals surface area contributed by atoms with Gasteiger partial charge in [0.2, 0.25) is 17.6 Å². The molecule has 0 radical (unpaired) electrons. The lowest BCUT2D eigenvalue weighted by Crippen LogP contribution is -2.11. The Morgan fingerprint density at radius 3 is 2.17 bits per heavy atom. The molecule has 10 nitrogen and oxygen atoms in total. The minimum absolute atomic E-state index is 0.0570. The summed E-state index contributed by atoms with van der Waals surface area (Å²) in [6.07, 6.45) is 8.18. The molecule has 1 amide bonds. The fourth-order valence-electron chi connectivity index (χ4n) is 2.75. The average Bonchev–Trinajstić information content (AvgIpc) is 2.80. The number of anilines is 1. The molecule has 0 atom stereocenters. The molecule has 30 heavy (non-hydrogen) atoms. The molecular formula is C20H22N8O2. The predicted octanol–water partition coefficient (Wildman–Crippen LogP) is 3.44. The van der Waals surface area contributed by atoms with Gasteiger partial charge >= 0.3 is 0 Å². The molecule has 0 spiro atoms. The molecule has 3 aromatic rings. The van der Waals surface area contributed by atoms with Crippen LogP contribution in [0.3, 0.4) is 0 Å². The first-order valence-corrected chi connectivity index (χ1v) is 9.80. The molecule has 3 aromatic heterocycles. The van der Waals surface area contributed by atoms with E-state index >= 15 is 0 Å². The summed E-state index contributed by atoms with van der Waals surface area (Å²) in [4.78, 5) is 30.5. The minimum atomic E-state index is -0.0570. The van der Waals surface area contributed by atoms with Gasteiger partial charge in [-0.3, -0.25) is 14.8 Å². The van der Waals surface area contributed by atoms with Gasteiger partial charge in [-0.1, -0.05) is 30.5 Å². The highest BCUT2D eigenvalue weighted by molar-refractivity contribution is 5.90. The van der Waals surface area contributed by atoms with Crippen molar-refractivity contribution in [1.29, 1.82) is 0 Å². The molecule has 0 saturated carbocycles. The van der Waals surface area contributed by atoms with Crippen LogP contribution in [0.2, 0.25) is 0 Å². The molecule has 0 aromatic carbocycles. The van der Waals surface area contributed by atoms with E-state index in [1.807, 2.05) is 6.07 Å². The van der Waals surface area contributed by atoms with E-state index < -0.39 is 0 Å². The highest BCUT2D eigenvalue weighted by atomic mass is 16.3.